The lowest BCUT2D eigenvalue weighted by atomic mass is 9.80. The standard InChI is InChI=1S/C10H15NO2/c1-7(12)8-5-3-4-6-9(8)10(13)11-2/h3-4,8-9H,5-6H2,1-2H3,(H,11,13). The lowest BCUT2D eigenvalue weighted by Crippen LogP contribution is -2.36. The molecule has 13 heavy (non-hydrogen) atoms. The first-order valence-electron chi connectivity index (χ1n) is 4.54. The Balaban J connectivity index is 2.75. The highest BCUT2D eigenvalue weighted by Gasteiger charge is 2.30. The van der Waals surface area contributed by atoms with Crippen LogP contribution >= 0.6 is 0 Å². The molecule has 1 aliphatic rings. The first-order valence-corrected chi connectivity index (χ1v) is 4.54. The summed E-state index contributed by atoms with van der Waals surface area (Å²) in [7, 11) is 1.61. The van der Waals surface area contributed by atoms with E-state index in [9.17, 15) is 9.59 Å². The van der Waals surface area contributed by atoms with E-state index >= 15 is 0 Å². The van der Waals surface area contributed by atoms with Gasteiger partial charge in [-0.05, 0) is 19.8 Å². The lowest BCUT2D eigenvalue weighted by Gasteiger charge is -2.24. The first kappa shape index (κ1) is 9.96. The van der Waals surface area contributed by atoms with E-state index in [0.29, 0.717) is 12.8 Å². The molecule has 2 unspecified atom stereocenters. The largest absolute Gasteiger partial charge is 0.359 e. The van der Waals surface area contributed by atoms with Gasteiger partial charge < -0.3 is 5.32 Å². The van der Waals surface area contributed by atoms with Crippen molar-refractivity contribution in [3.05, 3.63) is 12.2 Å². The van der Waals surface area contributed by atoms with Gasteiger partial charge in [-0.2, -0.15) is 0 Å². The first-order chi connectivity index (χ1) is 6.16. The monoisotopic (exact) mass is 181 g/mol. The molecule has 0 spiro atoms. The van der Waals surface area contributed by atoms with Crippen molar-refractivity contribution in [2.45, 2.75) is 19.8 Å². The average Bonchev–Trinajstić information content (AvgIpc) is 2.16. The Morgan fingerprint density at radius 2 is 1.77 bits per heavy atom. The molecule has 0 radical (unpaired) electrons. The fourth-order valence-electron chi connectivity index (χ4n) is 1.74. The molecule has 1 N–H and O–H groups in total. The zero-order valence-electron chi connectivity index (χ0n) is 8.04. The van der Waals surface area contributed by atoms with Crippen LogP contribution in [0.5, 0.6) is 0 Å². The summed E-state index contributed by atoms with van der Waals surface area (Å²) in [6.07, 6.45) is 5.34. The Morgan fingerprint density at radius 3 is 2.23 bits per heavy atom. The van der Waals surface area contributed by atoms with E-state index < -0.39 is 0 Å². The van der Waals surface area contributed by atoms with Crippen LogP contribution in [0.1, 0.15) is 19.8 Å². The third-order valence-corrected chi connectivity index (χ3v) is 2.54. The van der Waals surface area contributed by atoms with Crippen molar-refractivity contribution in [2.24, 2.45) is 11.8 Å². The summed E-state index contributed by atoms with van der Waals surface area (Å²) >= 11 is 0. The highest BCUT2D eigenvalue weighted by molar-refractivity contribution is 5.88. The Kier molecular flexibility index (Phi) is 3.23. The summed E-state index contributed by atoms with van der Waals surface area (Å²) in [5, 5.41) is 2.59. The van der Waals surface area contributed by atoms with Crippen molar-refractivity contribution in [1.82, 2.24) is 5.32 Å². The number of Topliss-reactive ketones (excluding diaryl/α,β-unsaturated/α-hetero) is 1. The Morgan fingerprint density at radius 1 is 1.23 bits per heavy atom. The third-order valence-electron chi connectivity index (χ3n) is 2.54. The fraction of sp³-hybridized carbons (Fsp3) is 0.600. The van der Waals surface area contributed by atoms with Crippen molar-refractivity contribution in [1.29, 1.82) is 0 Å². The number of allylic oxidation sites excluding steroid dienone is 2. The molecule has 0 aliphatic heterocycles. The quantitative estimate of drug-likeness (QED) is 0.643. The molecule has 3 nitrogen and oxygen atoms in total. The third kappa shape index (κ3) is 2.17. The van der Waals surface area contributed by atoms with Crippen molar-refractivity contribution in [3.63, 3.8) is 0 Å². The van der Waals surface area contributed by atoms with Gasteiger partial charge in [0.05, 0.1) is 5.92 Å². The van der Waals surface area contributed by atoms with Crippen molar-refractivity contribution in [2.75, 3.05) is 7.05 Å². The molecule has 3 heteroatoms. The van der Waals surface area contributed by atoms with Gasteiger partial charge in [-0.15, -0.1) is 0 Å². The molecule has 1 aliphatic carbocycles. The molecule has 0 aromatic rings. The maximum Gasteiger partial charge on any atom is 0.223 e. The Labute approximate surface area is 78.2 Å². The molecule has 72 valence electrons. The summed E-state index contributed by atoms with van der Waals surface area (Å²) < 4.78 is 0. The van der Waals surface area contributed by atoms with Crippen molar-refractivity contribution in [3.8, 4) is 0 Å². The summed E-state index contributed by atoms with van der Waals surface area (Å²) in [5.74, 6) is -0.194. The summed E-state index contributed by atoms with van der Waals surface area (Å²) in [6, 6.07) is 0. The van der Waals surface area contributed by atoms with E-state index in [1.54, 1.807) is 14.0 Å². The van der Waals surface area contributed by atoms with Crippen LogP contribution in [0.2, 0.25) is 0 Å². The number of carbonyl (C=O) groups is 2. The molecular weight excluding hydrogens is 166 g/mol. The van der Waals surface area contributed by atoms with Gasteiger partial charge in [-0.1, -0.05) is 12.2 Å². The van der Waals surface area contributed by atoms with Gasteiger partial charge >= 0.3 is 0 Å². The molecule has 0 saturated carbocycles. The molecule has 2 atom stereocenters. The number of rotatable bonds is 2. The van der Waals surface area contributed by atoms with E-state index in [4.69, 9.17) is 0 Å². The van der Waals surface area contributed by atoms with Crippen LogP contribution in [0, 0.1) is 11.8 Å². The summed E-state index contributed by atoms with van der Waals surface area (Å²) in [4.78, 5) is 22.6. The van der Waals surface area contributed by atoms with Crippen LogP contribution in [0.25, 0.3) is 0 Å². The van der Waals surface area contributed by atoms with Crippen molar-refractivity contribution >= 4 is 11.7 Å². The van der Waals surface area contributed by atoms with Crippen LogP contribution in [-0.4, -0.2) is 18.7 Å². The highest BCUT2D eigenvalue weighted by atomic mass is 16.2. The van der Waals surface area contributed by atoms with Gasteiger partial charge in [-0.25, -0.2) is 0 Å². The Bertz CT molecular complexity index is 245. The molecule has 0 aromatic carbocycles. The molecular formula is C10H15NO2. The van der Waals surface area contributed by atoms with Crippen LogP contribution in [-0.2, 0) is 9.59 Å². The minimum absolute atomic E-state index is 0.0236. The second-order valence-corrected chi connectivity index (χ2v) is 3.38. The van der Waals surface area contributed by atoms with E-state index in [1.165, 1.54) is 0 Å². The predicted octanol–water partition coefficient (Wildman–Crippen LogP) is 0.904. The zero-order valence-corrected chi connectivity index (χ0v) is 8.04. The average molecular weight is 181 g/mol. The highest BCUT2D eigenvalue weighted by Crippen LogP contribution is 2.26. The minimum atomic E-state index is -0.160. The number of hydrogen-bond donors (Lipinski definition) is 1. The van der Waals surface area contributed by atoms with Gasteiger partial charge in [0.15, 0.2) is 0 Å². The van der Waals surface area contributed by atoms with Gasteiger partial charge in [-0.3, -0.25) is 9.59 Å². The van der Waals surface area contributed by atoms with Gasteiger partial charge in [0.2, 0.25) is 5.91 Å². The Hall–Kier alpha value is -1.12. The molecule has 0 bridgehead atoms. The maximum atomic E-state index is 11.4. The number of hydrogen-bond acceptors (Lipinski definition) is 2. The lowest BCUT2D eigenvalue weighted by molar-refractivity contribution is -0.132. The maximum absolute atomic E-state index is 11.4. The predicted molar refractivity (Wildman–Crippen MR) is 50.1 cm³/mol. The molecule has 0 heterocycles. The normalized spacial score (nSPS) is 26.9. The number of carbonyl (C=O) groups excluding carboxylic acids is 2. The van der Waals surface area contributed by atoms with Gasteiger partial charge in [0, 0.05) is 13.0 Å². The van der Waals surface area contributed by atoms with Gasteiger partial charge in [0.25, 0.3) is 0 Å². The molecule has 0 saturated heterocycles. The SMILES string of the molecule is CNC(=O)C1CC=CCC1C(C)=O. The van der Waals surface area contributed by atoms with Gasteiger partial charge in [0.1, 0.15) is 5.78 Å². The topological polar surface area (TPSA) is 46.2 Å². The fourth-order valence-corrected chi connectivity index (χ4v) is 1.74. The molecule has 1 rings (SSSR count). The number of ketones is 1. The van der Waals surface area contributed by atoms with Crippen LogP contribution in [0.4, 0.5) is 0 Å². The van der Waals surface area contributed by atoms with Crippen LogP contribution < -0.4 is 5.32 Å². The number of amides is 1. The second kappa shape index (κ2) is 4.21. The molecule has 0 fully saturated rings. The smallest absolute Gasteiger partial charge is 0.223 e. The van der Waals surface area contributed by atoms with E-state index in [0.717, 1.165) is 0 Å². The molecule has 1 amide bonds. The summed E-state index contributed by atoms with van der Waals surface area (Å²) in [6.45, 7) is 1.56. The minimum Gasteiger partial charge on any atom is -0.359 e. The van der Waals surface area contributed by atoms with E-state index in [-0.39, 0.29) is 23.5 Å². The molecule has 0 aromatic heterocycles. The summed E-state index contributed by atoms with van der Waals surface area (Å²) in [5.41, 5.74) is 0. The zero-order chi connectivity index (χ0) is 9.84. The number of nitrogens with one attached hydrogen (secondary N) is 1. The van der Waals surface area contributed by atoms with E-state index in [2.05, 4.69) is 5.32 Å². The van der Waals surface area contributed by atoms with Crippen LogP contribution in [0.15, 0.2) is 12.2 Å². The second-order valence-electron chi connectivity index (χ2n) is 3.38. The van der Waals surface area contributed by atoms with Crippen molar-refractivity contribution < 1.29 is 9.59 Å². The van der Waals surface area contributed by atoms with Crippen LogP contribution in [0.3, 0.4) is 0 Å². The van der Waals surface area contributed by atoms with E-state index in [1.807, 2.05) is 12.2 Å².